The Balaban J connectivity index is 1.88. The van der Waals surface area contributed by atoms with Gasteiger partial charge in [-0.15, -0.1) is 0 Å². The number of carboxylic acids is 1. The number of carbonyl (C=O) groups is 2. The van der Waals surface area contributed by atoms with E-state index < -0.39 is 12.0 Å². The first kappa shape index (κ1) is 15.8. The molecule has 0 heterocycles. The van der Waals surface area contributed by atoms with Crippen molar-refractivity contribution in [2.75, 3.05) is 25.5 Å². The molecule has 1 saturated carbocycles. The maximum Gasteiger partial charge on any atom is 0.337 e. The maximum absolute atomic E-state index is 11.9. The van der Waals surface area contributed by atoms with Crippen LogP contribution in [0.1, 0.15) is 23.2 Å². The second-order valence-electron chi connectivity index (χ2n) is 5.06. The summed E-state index contributed by atoms with van der Waals surface area (Å²) in [4.78, 5) is 25.2. The van der Waals surface area contributed by atoms with E-state index in [0.29, 0.717) is 17.1 Å². The third-order valence-electron chi connectivity index (χ3n) is 3.40. The van der Waals surface area contributed by atoms with Crippen molar-refractivity contribution in [2.45, 2.75) is 18.9 Å². The number of aromatic carboxylic acids is 1. The molecule has 1 aliphatic carbocycles. The number of halogens is 1. The van der Waals surface area contributed by atoms with E-state index in [1.165, 1.54) is 18.9 Å². The van der Waals surface area contributed by atoms with E-state index >= 15 is 0 Å². The molecular weight excluding hydrogens is 338 g/mol. The van der Waals surface area contributed by atoms with Crippen LogP contribution in [0.4, 0.5) is 10.5 Å². The number of hydrogen-bond donors (Lipinski definition) is 3. The van der Waals surface area contributed by atoms with E-state index in [9.17, 15) is 9.59 Å². The zero-order valence-corrected chi connectivity index (χ0v) is 13.3. The molecule has 0 aliphatic heterocycles. The molecule has 0 aromatic heterocycles. The molecule has 7 heteroatoms. The van der Waals surface area contributed by atoms with E-state index in [0.717, 1.165) is 6.54 Å². The summed E-state index contributed by atoms with van der Waals surface area (Å²) in [5.41, 5.74) is 0.313. The van der Waals surface area contributed by atoms with Gasteiger partial charge in [0.05, 0.1) is 11.3 Å². The largest absolute Gasteiger partial charge is 0.478 e. The number of hydrogen-bond acceptors (Lipinski definition) is 3. The van der Waals surface area contributed by atoms with E-state index in [1.54, 1.807) is 12.1 Å². The lowest BCUT2D eigenvalue weighted by atomic mass is 10.2. The summed E-state index contributed by atoms with van der Waals surface area (Å²) in [7, 11) is 2.04. The molecular formula is C14H18BrN3O3. The molecule has 1 aliphatic rings. The van der Waals surface area contributed by atoms with Crippen molar-refractivity contribution in [2.24, 2.45) is 0 Å². The van der Waals surface area contributed by atoms with Crippen molar-refractivity contribution in [1.29, 1.82) is 0 Å². The smallest absolute Gasteiger partial charge is 0.337 e. The minimum atomic E-state index is -1.08. The van der Waals surface area contributed by atoms with Gasteiger partial charge in [-0.3, -0.25) is 0 Å². The number of nitrogens with one attached hydrogen (secondary N) is 2. The van der Waals surface area contributed by atoms with Crippen LogP contribution in [0.5, 0.6) is 0 Å². The fourth-order valence-corrected chi connectivity index (χ4v) is 2.50. The van der Waals surface area contributed by atoms with E-state index in [-0.39, 0.29) is 11.3 Å². The highest BCUT2D eigenvalue weighted by Gasteiger charge is 2.25. The average Bonchev–Trinajstić information content (AvgIpc) is 3.25. The molecule has 3 N–H and O–H groups in total. The number of carboxylic acid groups (broad SMARTS) is 1. The zero-order chi connectivity index (χ0) is 15.4. The summed E-state index contributed by atoms with van der Waals surface area (Å²) >= 11 is 3.25. The number of likely N-dealkylation sites (N-methyl/N-ethyl adjacent to an activating group) is 1. The van der Waals surface area contributed by atoms with E-state index in [2.05, 4.69) is 31.5 Å². The van der Waals surface area contributed by atoms with Crippen LogP contribution in [0.25, 0.3) is 0 Å². The number of anilines is 1. The van der Waals surface area contributed by atoms with Gasteiger partial charge in [-0.1, -0.05) is 6.07 Å². The fourth-order valence-electron chi connectivity index (χ4n) is 2.03. The lowest BCUT2D eigenvalue weighted by Gasteiger charge is -2.16. The summed E-state index contributed by atoms with van der Waals surface area (Å²) in [6.45, 7) is 1.30. The first-order valence-electron chi connectivity index (χ1n) is 6.76. The molecule has 0 bridgehead atoms. The minimum Gasteiger partial charge on any atom is -0.478 e. The van der Waals surface area contributed by atoms with E-state index in [4.69, 9.17) is 5.11 Å². The van der Waals surface area contributed by atoms with Gasteiger partial charge in [0.1, 0.15) is 0 Å². The van der Waals surface area contributed by atoms with Gasteiger partial charge < -0.3 is 20.6 Å². The Morgan fingerprint density at radius 1 is 1.43 bits per heavy atom. The molecule has 0 unspecified atom stereocenters. The van der Waals surface area contributed by atoms with Crippen LogP contribution in [0.3, 0.4) is 0 Å². The Hall–Kier alpha value is -1.60. The topological polar surface area (TPSA) is 81.7 Å². The number of carbonyl (C=O) groups excluding carboxylic acids is 1. The standard InChI is InChI=1S/C14H18BrN3O3/c1-18(9-5-6-9)8-7-16-14(21)17-12-10(13(19)20)3-2-4-11(12)15/h2-4,9H,5-8H2,1H3,(H,19,20)(H2,16,17,21). The van der Waals surface area contributed by atoms with Crippen LogP contribution in [0, 0.1) is 0 Å². The molecule has 0 atom stereocenters. The van der Waals surface area contributed by atoms with Crippen molar-refractivity contribution in [1.82, 2.24) is 10.2 Å². The van der Waals surface area contributed by atoms with Crippen LogP contribution in [0.2, 0.25) is 0 Å². The quantitative estimate of drug-likeness (QED) is 0.731. The third kappa shape index (κ3) is 4.44. The van der Waals surface area contributed by atoms with Crippen molar-refractivity contribution >= 4 is 33.6 Å². The first-order valence-corrected chi connectivity index (χ1v) is 7.55. The second kappa shape index (κ2) is 6.91. The summed E-state index contributed by atoms with van der Waals surface area (Å²) < 4.78 is 0.535. The Kier molecular flexibility index (Phi) is 5.19. The molecule has 1 fully saturated rings. The lowest BCUT2D eigenvalue weighted by Crippen LogP contribution is -2.36. The normalized spacial score (nSPS) is 14.0. The Morgan fingerprint density at radius 2 is 2.14 bits per heavy atom. The molecule has 1 aromatic carbocycles. The van der Waals surface area contributed by atoms with Crippen molar-refractivity contribution in [3.63, 3.8) is 0 Å². The molecule has 0 radical (unpaired) electrons. The van der Waals surface area contributed by atoms with E-state index in [1.807, 2.05) is 7.05 Å². The average molecular weight is 356 g/mol. The van der Waals surface area contributed by atoms with Crippen LogP contribution in [-0.2, 0) is 0 Å². The maximum atomic E-state index is 11.9. The Labute approximate surface area is 131 Å². The molecule has 114 valence electrons. The SMILES string of the molecule is CN(CCNC(=O)Nc1c(Br)cccc1C(=O)O)C1CC1. The first-order chi connectivity index (χ1) is 9.99. The number of rotatable bonds is 6. The molecule has 0 spiro atoms. The molecule has 21 heavy (non-hydrogen) atoms. The summed E-state index contributed by atoms with van der Waals surface area (Å²) in [5, 5.41) is 14.4. The number of para-hydroxylation sites is 1. The van der Waals surface area contributed by atoms with Gasteiger partial charge in [-0.2, -0.15) is 0 Å². The summed E-state index contributed by atoms with van der Waals surface area (Å²) in [6, 6.07) is 4.98. The Morgan fingerprint density at radius 3 is 2.76 bits per heavy atom. The fraction of sp³-hybridized carbons (Fsp3) is 0.429. The van der Waals surface area contributed by atoms with Crippen molar-refractivity contribution in [3.05, 3.63) is 28.2 Å². The van der Waals surface area contributed by atoms with Gasteiger partial charge in [-0.25, -0.2) is 9.59 Å². The van der Waals surface area contributed by atoms with Gasteiger partial charge in [0, 0.05) is 23.6 Å². The predicted molar refractivity (Wildman–Crippen MR) is 83.8 cm³/mol. The summed E-state index contributed by atoms with van der Waals surface area (Å²) in [6.07, 6.45) is 2.45. The molecule has 6 nitrogen and oxygen atoms in total. The molecule has 1 aromatic rings. The highest BCUT2D eigenvalue weighted by molar-refractivity contribution is 9.10. The third-order valence-corrected chi connectivity index (χ3v) is 4.06. The molecule has 0 saturated heterocycles. The van der Waals surface area contributed by atoms with Crippen LogP contribution >= 0.6 is 15.9 Å². The van der Waals surface area contributed by atoms with Crippen molar-refractivity contribution < 1.29 is 14.7 Å². The van der Waals surface area contributed by atoms with Gasteiger partial charge in [0.25, 0.3) is 0 Å². The van der Waals surface area contributed by atoms with Crippen LogP contribution in [-0.4, -0.2) is 48.2 Å². The van der Waals surface area contributed by atoms with Crippen LogP contribution in [0.15, 0.2) is 22.7 Å². The van der Waals surface area contributed by atoms with Gasteiger partial charge in [0.15, 0.2) is 0 Å². The second-order valence-corrected chi connectivity index (χ2v) is 5.91. The predicted octanol–water partition coefficient (Wildman–Crippen LogP) is 2.36. The number of nitrogens with zero attached hydrogens (tertiary/aromatic N) is 1. The monoisotopic (exact) mass is 355 g/mol. The highest BCUT2D eigenvalue weighted by Crippen LogP contribution is 2.26. The lowest BCUT2D eigenvalue weighted by molar-refractivity contribution is 0.0698. The van der Waals surface area contributed by atoms with Gasteiger partial charge >= 0.3 is 12.0 Å². The van der Waals surface area contributed by atoms with Gasteiger partial charge in [-0.05, 0) is 48.0 Å². The van der Waals surface area contributed by atoms with Gasteiger partial charge in [0.2, 0.25) is 0 Å². The number of urea groups is 1. The number of amides is 2. The number of benzene rings is 1. The zero-order valence-electron chi connectivity index (χ0n) is 11.7. The highest BCUT2D eigenvalue weighted by atomic mass is 79.9. The van der Waals surface area contributed by atoms with Crippen LogP contribution < -0.4 is 10.6 Å². The molecule has 2 amide bonds. The summed E-state index contributed by atoms with van der Waals surface area (Å²) in [5.74, 6) is -1.08. The Bertz CT molecular complexity index is 546. The molecule has 2 rings (SSSR count). The minimum absolute atomic E-state index is 0.0506. The van der Waals surface area contributed by atoms with Crippen molar-refractivity contribution in [3.8, 4) is 0 Å².